The third-order valence-electron chi connectivity index (χ3n) is 3.73. The number of hydrogen-bond acceptors (Lipinski definition) is 4. The molecule has 0 aliphatic carbocycles. The number of nitrogens with zero attached hydrogens (tertiary/aromatic N) is 2. The van der Waals surface area contributed by atoms with Gasteiger partial charge in [0.15, 0.2) is 0 Å². The molecule has 1 fully saturated rings. The number of carbonyl (C=O) groups is 1. The van der Waals surface area contributed by atoms with E-state index in [1.807, 2.05) is 25.7 Å². The second-order valence-electron chi connectivity index (χ2n) is 6.84. The van der Waals surface area contributed by atoms with Gasteiger partial charge in [-0.3, -0.25) is 0 Å². The average Bonchev–Trinajstić information content (AvgIpc) is 2.45. The van der Waals surface area contributed by atoms with Crippen molar-refractivity contribution >= 4 is 11.8 Å². The second kappa shape index (κ2) is 6.74. The van der Waals surface area contributed by atoms with Gasteiger partial charge in [-0.25, -0.2) is 9.18 Å². The maximum atomic E-state index is 14.2. The van der Waals surface area contributed by atoms with E-state index >= 15 is 0 Å². The summed E-state index contributed by atoms with van der Waals surface area (Å²) in [5.41, 5.74) is 0.536. The molecule has 5 nitrogen and oxygen atoms in total. The molecule has 1 heterocycles. The van der Waals surface area contributed by atoms with Crippen molar-refractivity contribution in [2.75, 3.05) is 31.1 Å². The molecule has 6 heteroatoms. The highest BCUT2D eigenvalue weighted by Gasteiger charge is 2.26. The van der Waals surface area contributed by atoms with Gasteiger partial charge in [-0.05, 0) is 45.4 Å². The maximum absolute atomic E-state index is 14.2. The van der Waals surface area contributed by atoms with Crippen LogP contribution in [0.4, 0.5) is 14.9 Å². The van der Waals surface area contributed by atoms with Crippen LogP contribution >= 0.6 is 0 Å². The molecule has 0 aromatic heterocycles. The third-order valence-corrected chi connectivity index (χ3v) is 3.73. The molecule has 0 saturated carbocycles. The predicted octanol–water partition coefficient (Wildman–Crippen LogP) is 2.94. The van der Waals surface area contributed by atoms with Gasteiger partial charge in [-0.1, -0.05) is 6.07 Å². The Morgan fingerprint density at radius 2 is 1.87 bits per heavy atom. The van der Waals surface area contributed by atoms with Gasteiger partial charge in [0.2, 0.25) is 0 Å². The Labute approximate surface area is 136 Å². The number of benzene rings is 1. The van der Waals surface area contributed by atoms with Crippen LogP contribution in [0.1, 0.15) is 39.4 Å². The van der Waals surface area contributed by atoms with Gasteiger partial charge in [-0.15, -0.1) is 0 Å². The van der Waals surface area contributed by atoms with Crippen LogP contribution in [0.15, 0.2) is 18.2 Å². The van der Waals surface area contributed by atoms with E-state index in [9.17, 15) is 14.3 Å². The molecular formula is C17H25FN2O3. The fourth-order valence-electron chi connectivity index (χ4n) is 2.50. The minimum atomic E-state index is -0.692. The molecule has 0 radical (unpaired) electrons. The summed E-state index contributed by atoms with van der Waals surface area (Å²) in [6.45, 7) is 9.18. The first kappa shape index (κ1) is 17.5. The molecule has 1 N–H and O–H groups in total. The number of rotatable bonds is 2. The number of aliphatic hydroxyl groups excluding tert-OH is 1. The summed E-state index contributed by atoms with van der Waals surface area (Å²) in [4.78, 5) is 15.6. The van der Waals surface area contributed by atoms with Gasteiger partial charge in [0.05, 0.1) is 11.8 Å². The van der Waals surface area contributed by atoms with Crippen LogP contribution < -0.4 is 4.90 Å². The quantitative estimate of drug-likeness (QED) is 0.909. The van der Waals surface area contributed by atoms with Crippen molar-refractivity contribution < 1.29 is 19.0 Å². The van der Waals surface area contributed by atoms with Gasteiger partial charge in [-0.2, -0.15) is 0 Å². The molecule has 1 aromatic carbocycles. The molecule has 1 aliphatic heterocycles. The minimum absolute atomic E-state index is 0.331. The molecule has 1 amide bonds. The smallest absolute Gasteiger partial charge is 0.410 e. The zero-order valence-corrected chi connectivity index (χ0v) is 14.2. The highest BCUT2D eigenvalue weighted by molar-refractivity contribution is 5.68. The molecule has 23 heavy (non-hydrogen) atoms. The Morgan fingerprint density at radius 1 is 1.26 bits per heavy atom. The van der Waals surface area contributed by atoms with Gasteiger partial charge < -0.3 is 19.6 Å². The van der Waals surface area contributed by atoms with Crippen molar-refractivity contribution in [2.45, 2.75) is 39.4 Å². The number of ether oxygens (including phenoxy) is 1. The standard InChI is InChI=1S/C17H25FN2O3/c1-12(21)13-5-6-15(14(18)11-13)19-7-9-20(10-8-19)16(22)23-17(2,3)4/h5-6,11-12,21H,7-10H2,1-4H3. The first-order valence-corrected chi connectivity index (χ1v) is 7.88. The lowest BCUT2D eigenvalue weighted by Gasteiger charge is -2.36. The van der Waals surface area contributed by atoms with Crippen LogP contribution in [0, 0.1) is 5.82 Å². The van der Waals surface area contributed by atoms with Crippen LogP contribution in [0.5, 0.6) is 0 Å². The van der Waals surface area contributed by atoms with Crippen LogP contribution in [-0.2, 0) is 4.74 Å². The Bertz CT molecular complexity index is 561. The number of amides is 1. The van der Waals surface area contributed by atoms with Crippen LogP contribution in [0.3, 0.4) is 0 Å². The Kier molecular flexibility index (Phi) is 5.14. The summed E-state index contributed by atoms with van der Waals surface area (Å²) >= 11 is 0. The molecule has 1 aromatic rings. The van der Waals surface area contributed by atoms with Crippen LogP contribution in [-0.4, -0.2) is 47.9 Å². The summed E-state index contributed by atoms with van der Waals surface area (Å²) in [5.74, 6) is -0.353. The van der Waals surface area contributed by atoms with E-state index in [0.29, 0.717) is 37.4 Å². The van der Waals surface area contributed by atoms with E-state index in [1.165, 1.54) is 6.07 Å². The lowest BCUT2D eigenvalue weighted by Crippen LogP contribution is -2.50. The molecular weight excluding hydrogens is 299 g/mol. The molecule has 1 saturated heterocycles. The zero-order valence-electron chi connectivity index (χ0n) is 14.2. The predicted molar refractivity (Wildman–Crippen MR) is 87.1 cm³/mol. The van der Waals surface area contributed by atoms with Gasteiger partial charge in [0, 0.05) is 26.2 Å². The van der Waals surface area contributed by atoms with Crippen LogP contribution in [0.2, 0.25) is 0 Å². The zero-order chi connectivity index (χ0) is 17.2. The molecule has 1 unspecified atom stereocenters. The third kappa shape index (κ3) is 4.58. The van der Waals surface area contributed by atoms with Gasteiger partial charge in [0.1, 0.15) is 11.4 Å². The molecule has 1 aliphatic rings. The first-order valence-electron chi connectivity index (χ1n) is 7.88. The lowest BCUT2D eigenvalue weighted by molar-refractivity contribution is 0.0240. The topological polar surface area (TPSA) is 53.0 Å². The van der Waals surface area contributed by atoms with E-state index in [4.69, 9.17) is 4.74 Å². The fourth-order valence-corrected chi connectivity index (χ4v) is 2.50. The molecule has 1 atom stereocenters. The molecule has 0 bridgehead atoms. The van der Waals surface area contributed by atoms with Gasteiger partial charge >= 0.3 is 6.09 Å². The summed E-state index contributed by atoms with van der Waals surface area (Å²) in [5, 5.41) is 9.50. The van der Waals surface area contributed by atoms with Crippen LogP contribution in [0.25, 0.3) is 0 Å². The SMILES string of the molecule is CC(O)c1ccc(N2CCN(C(=O)OC(C)(C)C)CC2)c(F)c1. The van der Waals surface area contributed by atoms with E-state index in [1.54, 1.807) is 24.0 Å². The maximum Gasteiger partial charge on any atom is 0.410 e. The Balaban J connectivity index is 1.98. The highest BCUT2D eigenvalue weighted by Crippen LogP contribution is 2.24. The Morgan fingerprint density at radius 3 is 2.35 bits per heavy atom. The van der Waals surface area contributed by atoms with Gasteiger partial charge in [0.25, 0.3) is 0 Å². The fraction of sp³-hybridized carbons (Fsp3) is 0.588. The van der Waals surface area contributed by atoms with E-state index in [2.05, 4.69) is 0 Å². The largest absolute Gasteiger partial charge is 0.444 e. The average molecular weight is 324 g/mol. The number of piperazine rings is 1. The van der Waals surface area contributed by atoms with Crippen molar-refractivity contribution in [1.82, 2.24) is 4.90 Å². The number of carbonyl (C=O) groups excluding carboxylic acids is 1. The molecule has 0 spiro atoms. The lowest BCUT2D eigenvalue weighted by atomic mass is 10.1. The number of halogens is 1. The Hall–Kier alpha value is -1.82. The minimum Gasteiger partial charge on any atom is -0.444 e. The monoisotopic (exact) mass is 324 g/mol. The highest BCUT2D eigenvalue weighted by atomic mass is 19.1. The summed E-state index contributed by atoms with van der Waals surface area (Å²) in [6.07, 6.45) is -1.02. The second-order valence-corrected chi connectivity index (χ2v) is 6.84. The summed E-state index contributed by atoms with van der Waals surface area (Å²) < 4.78 is 19.6. The number of hydrogen-bond donors (Lipinski definition) is 1. The van der Waals surface area contributed by atoms with Crippen molar-refractivity contribution in [2.24, 2.45) is 0 Å². The van der Waals surface area contributed by atoms with Crippen molar-refractivity contribution in [3.05, 3.63) is 29.6 Å². The normalized spacial score (nSPS) is 17.1. The first-order chi connectivity index (χ1) is 10.7. The summed E-state index contributed by atoms with van der Waals surface area (Å²) in [6, 6.07) is 4.77. The molecule has 128 valence electrons. The van der Waals surface area contributed by atoms with E-state index in [0.717, 1.165) is 0 Å². The van der Waals surface area contributed by atoms with E-state index < -0.39 is 11.7 Å². The van der Waals surface area contributed by atoms with Crippen molar-refractivity contribution in [1.29, 1.82) is 0 Å². The summed E-state index contributed by atoms with van der Waals surface area (Å²) in [7, 11) is 0. The number of anilines is 1. The number of aliphatic hydroxyl groups is 1. The van der Waals surface area contributed by atoms with Crippen molar-refractivity contribution in [3.63, 3.8) is 0 Å². The van der Waals surface area contributed by atoms with Crippen molar-refractivity contribution in [3.8, 4) is 0 Å². The van der Waals surface area contributed by atoms with E-state index in [-0.39, 0.29) is 11.9 Å². The molecule has 2 rings (SSSR count).